The van der Waals surface area contributed by atoms with Crippen LogP contribution in [-0.2, 0) is 0 Å². The number of rotatable bonds is 4. The van der Waals surface area contributed by atoms with Gasteiger partial charge in [0.15, 0.2) is 5.75 Å². The summed E-state index contributed by atoms with van der Waals surface area (Å²) in [6, 6.07) is 4.37. The second-order valence-corrected chi connectivity index (χ2v) is 5.37. The van der Waals surface area contributed by atoms with E-state index in [1.165, 1.54) is 12.1 Å². The maximum Gasteiger partial charge on any atom is 0.376 e. The van der Waals surface area contributed by atoms with Gasteiger partial charge in [0.2, 0.25) is 0 Å². The van der Waals surface area contributed by atoms with Gasteiger partial charge in [-0.25, -0.2) is 0 Å². The van der Waals surface area contributed by atoms with E-state index in [-0.39, 0.29) is 11.4 Å². The van der Waals surface area contributed by atoms with Crippen LogP contribution in [-0.4, -0.2) is 40.0 Å². The summed E-state index contributed by atoms with van der Waals surface area (Å²) in [5, 5.41) is 29.7. The summed E-state index contributed by atoms with van der Waals surface area (Å²) >= 11 is 0. The van der Waals surface area contributed by atoms with E-state index in [2.05, 4.69) is 6.08 Å². The second kappa shape index (κ2) is 6.73. The van der Waals surface area contributed by atoms with E-state index in [9.17, 15) is 20.2 Å². The van der Waals surface area contributed by atoms with Gasteiger partial charge >= 0.3 is 12.7 Å². The summed E-state index contributed by atoms with van der Waals surface area (Å²) in [7, 11) is -0.408. The molecular formula is C14H19BN2O4. The Morgan fingerprint density at radius 2 is 2.10 bits per heavy atom. The molecule has 21 heavy (non-hydrogen) atoms. The minimum Gasteiger partial charge on any atom is -0.502 e. The Balaban J connectivity index is 1.99. The van der Waals surface area contributed by atoms with Crippen LogP contribution < -0.4 is 0 Å². The molecule has 6 nitrogen and oxygen atoms in total. The highest BCUT2D eigenvalue weighted by Crippen LogP contribution is 2.27. The maximum atomic E-state index is 10.8. The number of aromatic hydroxyl groups is 1. The van der Waals surface area contributed by atoms with Crippen LogP contribution in [0.2, 0.25) is 6.82 Å². The lowest BCUT2D eigenvalue weighted by Crippen LogP contribution is -2.42. The number of allylic oxidation sites excluding steroid dienone is 1. The van der Waals surface area contributed by atoms with Gasteiger partial charge in [0.25, 0.3) is 0 Å². The summed E-state index contributed by atoms with van der Waals surface area (Å²) in [5.74, 6) is 0.0928. The molecule has 0 spiro atoms. The smallest absolute Gasteiger partial charge is 0.376 e. The highest BCUT2D eigenvalue weighted by Gasteiger charge is 2.22. The van der Waals surface area contributed by atoms with Crippen molar-refractivity contribution in [1.82, 2.24) is 4.81 Å². The molecule has 1 aliphatic rings. The van der Waals surface area contributed by atoms with Crippen molar-refractivity contribution in [3.63, 3.8) is 0 Å². The average molecular weight is 290 g/mol. The highest BCUT2D eigenvalue weighted by atomic mass is 16.6. The molecule has 1 fully saturated rings. The lowest BCUT2D eigenvalue weighted by atomic mass is 9.81. The van der Waals surface area contributed by atoms with Crippen molar-refractivity contribution in [2.75, 3.05) is 13.1 Å². The highest BCUT2D eigenvalue weighted by molar-refractivity contribution is 6.45. The van der Waals surface area contributed by atoms with Crippen LogP contribution in [0.25, 0.3) is 6.08 Å². The number of nitro benzene ring substituents is 1. The monoisotopic (exact) mass is 290 g/mol. The van der Waals surface area contributed by atoms with Crippen molar-refractivity contribution < 1.29 is 15.1 Å². The molecule has 2 N–H and O–H groups in total. The Morgan fingerprint density at radius 1 is 1.43 bits per heavy atom. The molecule has 1 aromatic rings. The number of benzene rings is 1. The van der Waals surface area contributed by atoms with Crippen molar-refractivity contribution in [3.05, 3.63) is 40.0 Å². The fourth-order valence-corrected chi connectivity index (χ4v) is 2.52. The summed E-state index contributed by atoms with van der Waals surface area (Å²) < 4.78 is 0. The third kappa shape index (κ3) is 4.06. The Labute approximate surface area is 124 Å². The van der Waals surface area contributed by atoms with Crippen LogP contribution in [0.15, 0.2) is 24.3 Å². The van der Waals surface area contributed by atoms with Crippen LogP contribution >= 0.6 is 0 Å². The largest absolute Gasteiger partial charge is 0.502 e. The van der Waals surface area contributed by atoms with Crippen LogP contribution in [0.1, 0.15) is 18.4 Å². The molecule has 1 heterocycles. The van der Waals surface area contributed by atoms with E-state index < -0.39 is 12.0 Å². The van der Waals surface area contributed by atoms with E-state index >= 15 is 0 Å². The van der Waals surface area contributed by atoms with Gasteiger partial charge < -0.3 is 14.9 Å². The summed E-state index contributed by atoms with van der Waals surface area (Å²) in [5.41, 5.74) is 0.429. The van der Waals surface area contributed by atoms with E-state index in [4.69, 9.17) is 0 Å². The van der Waals surface area contributed by atoms with Gasteiger partial charge in [0, 0.05) is 6.07 Å². The van der Waals surface area contributed by atoms with Crippen molar-refractivity contribution in [2.45, 2.75) is 19.7 Å². The van der Waals surface area contributed by atoms with Gasteiger partial charge in [-0.1, -0.05) is 18.2 Å². The maximum absolute atomic E-state index is 10.8. The SMILES string of the molecule is CB(O)N1CCC(/C=C\c2ccc(O)c([N+](=O)[O-])c2)CC1. The fraction of sp³-hybridized carbons (Fsp3) is 0.429. The predicted molar refractivity (Wildman–Crippen MR) is 81.9 cm³/mol. The molecule has 0 aliphatic carbocycles. The molecule has 1 aliphatic heterocycles. The summed E-state index contributed by atoms with van der Waals surface area (Å²) in [4.78, 5) is 12.2. The molecule has 112 valence electrons. The van der Waals surface area contributed by atoms with Crippen molar-refractivity contribution in [2.24, 2.45) is 5.92 Å². The zero-order valence-electron chi connectivity index (χ0n) is 12.0. The molecule has 1 aromatic carbocycles. The molecule has 0 bridgehead atoms. The number of hydrogen-bond acceptors (Lipinski definition) is 5. The molecule has 7 heteroatoms. The molecular weight excluding hydrogens is 271 g/mol. The normalized spacial score (nSPS) is 17.2. The molecule has 0 radical (unpaired) electrons. The van der Waals surface area contributed by atoms with Crippen molar-refractivity contribution in [1.29, 1.82) is 0 Å². The first-order valence-corrected chi connectivity index (χ1v) is 7.05. The zero-order valence-corrected chi connectivity index (χ0v) is 12.0. The molecule has 1 saturated heterocycles. The third-order valence-electron chi connectivity index (χ3n) is 3.86. The fourth-order valence-electron chi connectivity index (χ4n) is 2.52. The minimum absolute atomic E-state index is 0.277. The van der Waals surface area contributed by atoms with E-state index in [0.29, 0.717) is 11.5 Å². The quantitative estimate of drug-likeness (QED) is 0.504. The first-order chi connectivity index (χ1) is 9.97. The summed E-state index contributed by atoms with van der Waals surface area (Å²) in [6.07, 6.45) is 5.83. The summed E-state index contributed by atoms with van der Waals surface area (Å²) in [6.45, 7) is 3.47. The molecule has 0 unspecified atom stereocenters. The molecule has 0 saturated carbocycles. The molecule has 0 amide bonds. The average Bonchev–Trinajstić information content (AvgIpc) is 2.46. The number of piperidine rings is 1. The van der Waals surface area contributed by atoms with Gasteiger partial charge in [0.1, 0.15) is 0 Å². The minimum atomic E-state index is -0.589. The third-order valence-corrected chi connectivity index (χ3v) is 3.86. The zero-order chi connectivity index (χ0) is 15.4. The number of hydrogen-bond donors (Lipinski definition) is 2. The van der Waals surface area contributed by atoms with Crippen LogP contribution in [0, 0.1) is 16.0 Å². The van der Waals surface area contributed by atoms with Crippen molar-refractivity contribution >= 4 is 18.8 Å². The lowest BCUT2D eigenvalue weighted by molar-refractivity contribution is -0.385. The Kier molecular flexibility index (Phi) is 4.98. The Hall–Kier alpha value is -1.86. The van der Waals surface area contributed by atoms with E-state index in [1.54, 1.807) is 12.9 Å². The topological polar surface area (TPSA) is 86.8 Å². The predicted octanol–water partition coefficient (Wildman–Crippen LogP) is 2.14. The van der Waals surface area contributed by atoms with Gasteiger partial charge in [-0.15, -0.1) is 0 Å². The number of nitrogens with zero attached hydrogens (tertiary/aromatic N) is 2. The first-order valence-electron chi connectivity index (χ1n) is 7.05. The van der Waals surface area contributed by atoms with Gasteiger partial charge in [0.05, 0.1) is 4.92 Å². The number of phenols is 1. The second-order valence-electron chi connectivity index (χ2n) is 5.37. The van der Waals surface area contributed by atoms with E-state index in [1.807, 2.05) is 10.9 Å². The number of nitro groups is 1. The number of phenolic OH excluding ortho intramolecular Hbond substituents is 1. The van der Waals surface area contributed by atoms with Crippen LogP contribution in [0.3, 0.4) is 0 Å². The standard InChI is InChI=1S/C14H19BN2O4/c1-15(19)16-8-6-11(7-9-16)2-3-12-4-5-14(18)13(10-12)17(20)21/h2-5,10-11,18-19H,6-9H2,1H3/b3-2-. The molecule has 0 atom stereocenters. The Bertz CT molecular complexity index is 540. The van der Waals surface area contributed by atoms with Gasteiger partial charge in [-0.3, -0.25) is 10.1 Å². The van der Waals surface area contributed by atoms with Crippen LogP contribution in [0.4, 0.5) is 5.69 Å². The molecule has 2 rings (SSSR count). The van der Waals surface area contributed by atoms with Crippen LogP contribution in [0.5, 0.6) is 5.75 Å². The molecule has 0 aromatic heterocycles. The Morgan fingerprint density at radius 3 is 2.67 bits per heavy atom. The van der Waals surface area contributed by atoms with Gasteiger partial charge in [-0.2, -0.15) is 0 Å². The first kappa shape index (κ1) is 15.5. The lowest BCUT2D eigenvalue weighted by Gasteiger charge is -2.31. The van der Waals surface area contributed by atoms with Crippen molar-refractivity contribution in [3.8, 4) is 5.75 Å². The van der Waals surface area contributed by atoms with E-state index in [0.717, 1.165) is 25.9 Å². The van der Waals surface area contributed by atoms with Gasteiger partial charge in [-0.05, 0) is 50.3 Å².